The van der Waals surface area contributed by atoms with Gasteiger partial charge in [-0.3, -0.25) is 9.59 Å². The SMILES string of the molecule is CCOC(=O)c1ccccc1NC(=O)CSc1nnc(NC(=O)C23CC4CC(CC(C4)C2)C3)s1. The summed E-state index contributed by atoms with van der Waals surface area (Å²) in [4.78, 5) is 37.8. The fraction of sp³-hybridized carbons (Fsp3) is 0.542. The van der Waals surface area contributed by atoms with E-state index in [0.717, 1.165) is 19.3 Å². The highest BCUT2D eigenvalue weighted by Gasteiger charge is 2.54. The highest BCUT2D eigenvalue weighted by molar-refractivity contribution is 8.01. The Morgan fingerprint density at radius 3 is 2.41 bits per heavy atom. The number of ether oxygens (including phenoxy) is 1. The highest BCUT2D eigenvalue weighted by atomic mass is 32.2. The van der Waals surface area contributed by atoms with Crippen LogP contribution in [0.4, 0.5) is 10.8 Å². The summed E-state index contributed by atoms with van der Waals surface area (Å²) in [5.41, 5.74) is 0.487. The van der Waals surface area contributed by atoms with Crippen LogP contribution in [-0.4, -0.2) is 40.3 Å². The summed E-state index contributed by atoms with van der Waals surface area (Å²) >= 11 is 2.53. The fourth-order valence-corrected chi connectivity index (χ4v) is 7.78. The Morgan fingerprint density at radius 2 is 1.74 bits per heavy atom. The van der Waals surface area contributed by atoms with Gasteiger partial charge in [-0.25, -0.2) is 4.79 Å². The van der Waals surface area contributed by atoms with Gasteiger partial charge in [-0.05, 0) is 75.3 Å². The van der Waals surface area contributed by atoms with E-state index in [1.807, 2.05) is 0 Å². The van der Waals surface area contributed by atoms with Gasteiger partial charge >= 0.3 is 5.97 Å². The van der Waals surface area contributed by atoms with Gasteiger partial charge < -0.3 is 15.4 Å². The fourth-order valence-electron chi connectivity index (χ4n) is 6.23. The third kappa shape index (κ3) is 4.84. The lowest BCUT2D eigenvalue weighted by atomic mass is 9.49. The largest absolute Gasteiger partial charge is 0.462 e. The van der Waals surface area contributed by atoms with E-state index in [0.29, 0.717) is 38.5 Å². The van der Waals surface area contributed by atoms with Gasteiger partial charge in [0.2, 0.25) is 16.9 Å². The Bertz CT molecular complexity index is 1070. The first-order chi connectivity index (χ1) is 16.4. The summed E-state index contributed by atoms with van der Waals surface area (Å²) in [6.07, 6.45) is 6.87. The minimum absolute atomic E-state index is 0.0904. The molecule has 6 rings (SSSR count). The molecule has 0 radical (unpaired) electrons. The molecule has 1 aromatic carbocycles. The predicted molar refractivity (Wildman–Crippen MR) is 131 cm³/mol. The summed E-state index contributed by atoms with van der Waals surface area (Å²) in [5.74, 6) is 1.55. The van der Waals surface area contributed by atoms with E-state index in [1.54, 1.807) is 31.2 Å². The number of thioether (sulfide) groups is 1. The number of nitrogens with one attached hydrogen (secondary N) is 2. The molecule has 2 aromatic rings. The molecule has 4 saturated carbocycles. The molecule has 2 amide bonds. The van der Waals surface area contributed by atoms with E-state index in [-0.39, 0.29) is 29.6 Å². The molecule has 1 aromatic heterocycles. The molecule has 4 aliphatic rings. The third-order valence-corrected chi connectivity index (χ3v) is 9.14. The summed E-state index contributed by atoms with van der Waals surface area (Å²) in [6.45, 7) is 1.99. The van der Waals surface area contributed by atoms with E-state index in [1.165, 1.54) is 42.4 Å². The molecular weight excluding hydrogens is 472 g/mol. The van der Waals surface area contributed by atoms with Crippen molar-refractivity contribution in [1.82, 2.24) is 10.2 Å². The summed E-state index contributed by atoms with van der Waals surface area (Å²) in [5, 5.41) is 14.5. The number of nitrogens with zero attached hydrogens (tertiary/aromatic N) is 2. The average molecular weight is 501 g/mol. The first-order valence-electron chi connectivity index (χ1n) is 11.8. The number of carbonyl (C=O) groups is 3. The minimum Gasteiger partial charge on any atom is -0.462 e. The van der Waals surface area contributed by atoms with Crippen LogP contribution < -0.4 is 10.6 Å². The Balaban J connectivity index is 1.15. The zero-order valence-corrected chi connectivity index (χ0v) is 20.7. The van der Waals surface area contributed by atoms with Gasteiger partial charge in [-0.15, -0.1) is 10.2 Å². The summed E-state index contributed by atoms with van der Waals surface area (Å²) in [6, 6.07) is 6.74. The first-order valence-corrected chi connectivity index (χ1v) is 13.6. The second-order valence-corrected chi connectivity index (χ2v) is 11.8. The first kappa shape index (κ1) is 23.3. The van der Waals surface area contributed by atoms with Crippen molar-refractivity contribution in [2.24, 2.45) is 23.2 Å². The molecule has 10 heteroatoms. The van der Waals surface area contributed by atoms with Crippen LogP contribution in [0.2, 0.25) is 0 Å². The smallest absolute Gasteiger partial charge is 0.340 e. The summed E-state index contributed by atoms with van der Waals surface area (Å²) in [7, 11) is 0. The lowest BCUT2D eigenvalue weighted by Crippen LogP contribution is -2.51. The molecule has 0 saturated heterocycles. The number of rotatable bonds is 8. The van der Waals surface area contributed by atoms with Crippen LogP contribution in [0.15, 0.2) is 28.6 Å². The zero-order chi connectivity index (χ0) is 23.7. The molecule has 4 bridgehead atoms. The van der Waals surface area contributed by atoms with Crippen molar-refractivity contribution < 1.29 is 19.1 Å². The maximum atomic E-state index is 13.2. The topological polar surface area (TPSA) is 110 Å². The molecule has 4 fully saturated rings. The van der Waals surface area contributed by atoms with Crippen LogP contribution in [0.25, 0.3) is 0 Å². The number of hydrogen-bond donors (Lipinski definition) is 2. The highest BCUT2D eigenvalue weighted by Crippen LogP contribution is 2.60. The number of anilines is 2. The van der Waals surface area contributed by atoms with Gasteiger partial charge in [0.05, 0.1) is 29.0 Å². The molecular formula is C24H28N4O4S2. The number of hydrogen-bond acceptors (Lipinski definition) is 8. The average Bonchev–Trinajstić information content (AvgIpc) is 3.24. The van der Waals surface area contributed by atoms with Crippen molar-refractivity contribution >= 4 is 51.7 Å². The molecule has 0 atom stereocenters. The van der Waals surface area contributed by atoms with Gasteiger partial charge in [0.15, 0.2) is 4.34 Å². The van der Waals surface area contributed by atoms with Crippen LogP contribution in [0.5, 0.6) is 0 Å². The quantitative estimate of drug-likeness (QED) is 0.310. The number of esters is 1. The van der Waals surface area contributed by atoms with Gasteiger partial charge in [-0.2, -0.15) is 0 Å². The normalized spacial score (nSPS) is 26.8. The summed E-state index contributed by atoms with van der Waals surface area (Å²) < 4.78 is 5.65. The van der Waals surface area contributed by atoms with Crippen molar-refractivity contribution in [2.75, 3.05) is 23.0 Å². The number of para-hydroxylation sites is 1. The number of aromatic nitrogens is 2. The number of carbonyl (C=O) groups excluding carboxylic acids is 3. The molecule has 0 aliphatic heterocycles. The van der Waals surface area contributed by atoms with E-state index in [2.05, 4.69) is 20.8 Å². The van der Waals surface area contributed by atoms with Crippen LogP contribution in [-0.2, 0) is 14.3 Å². The van der Waals surface area contributed by atoms with Crippen LogP contribution in [0, 0.1) is 23.2 Å². The minimum atomic E-state index is -0.477. The molecule has 1 heterocycles. The second-order valence-electron chi connectivity index (χ2n) is 9.63. The van der Waals surface area contributed by atoms with Crippen molar-refractivity contribution in [3.63, 3.8) is 0 Å². The Hall–Kier alpha value is -2.46. The molecule has 180 valence electrons. The van der Waals surface area contributed by atoms with E-state index < -0.39 is 5.97 Å². The van der Waals surface area contributed by atoms with Gasteiger partial charge in [-0.1, -0.05) is 35.2 Å². The van der Waals surface area contributed by atoms with E-state index in [4.69, 9.17) is 4.74 Å². The standard InChI is InChI=1S/C24H28N4O4S2/c1-2-32-20(30)17-5-3-4-6-18(17)25-19(29)13-33-23-28-27-22(34-23)26-21(31)24-10-14-7-15(11-24)9-16(8-14)12-24/h3-6,14-16H,2,7-13H2,1H3,(H,25,29)(H,26,27,31). The van der Waals surface area contributed by atoms with Gasteiger partial charge in [0.1, 0.15) is 0 Å². The number of benzene rings is 1. The van der Waals surface area contributed by atoms with Crippen LogP contribution in [0.1, 0.15) is 55.8 Å². The van der Waals surface area contributed by atoms with Crippen LogP contribution in [0.3, 0.4) is 0 Å². The van der Waals surface area contributed by atoms with E-state index >= 15 is 0 Å². The van der Waals surface area contributed by atoms with E-state index in [9.17, 15) is 14.4 Å². The van der Waals surface area contributed by atoms with Crippen molar-refractivity contribution in [3.05, 3.63) is 29.8 Å². The molecule has 34 heavy (non-hydrogen) atoms. The van der Waals surface area contributed by atoms with Crippen LogP contribution >= 0.6 is 23.1 Å². The Kier molecular flexibility index (Phi) is 6.61. The molecule has 8 nitrogen and oxygen atoms in total. The maximum Gasteiger partial charge on any atom is 0.340 e. The van der Waals surface area contributed by atoms with Crippen molar-refractivity contribution in [3.8, 4) is 0 Å². The van der Waals surface area contributed by atoms with Crippen molar-refractivity contribution in [1.29, 1.82) is 0 Å². The monoisotopic (exact) mass is 500 g/mol. The molecule has 0 unspecified atom stereocenters. The van der Waals surface area contributed by atoms with Crippen molar-refractivity contribution in [2.45, 2.75) is 49.8 Å². The number of amides is 2. The third-order valence-electron chi connectivity index (χ3n) is 7.17. The predicted octanol–water partition coefficient (Wildman–Crippen LogP) is 4.60. The second kappa shape index (κ2) is 9.65. The molecule has 2 N–H and O–H groups in total. The van der Waals surface area contributed by atoms with Gasteiger partial charge in [0.25, 0.3) is 0 Å². The Labute approximate surface area is 206 Å². The molecule has 0 spiro atoms. The lowest BCUT2D eigenvalue weighted by molar-refractivity contribution is -0.140. The lowest BCUT2D eigenvalue weighted by Gasteiger charge is -2.55. The molecule has 4 aliphatic carbocycles. The zero-order valence-electron chi connectivity index (χ0n) is 19.0. The Morgan fingerprint density at radius 1 is 1.06 bits per heavy atom. The van der Waals surface area contributed by atoms with Gasteiger partial charge in [0, 0.05) is 0 Å². The maximum absolute atomic E-state index is 13.2.